The molecule has 1 aromatic rings. The summed E-state index contributed by atoms with van der Waals surface area (Å²) in [6.45, 7) is -0.595. The number of aliphatic hydroxyl groups excluding tert-OH is 3. The Labute approximate surface area is 132 Å². The number of carbonyl (C=O) groups excluding carboxylic acids is 1. The van der Waals surface area contributed by atoms with Crippen molar-refractivity contribution in [3.8, 4) is 0 Å². The number of aliphatic hydroxyl groups is 3. The van der Waals surface area contributed by atoms with Gasteiger partial charge in [-0.3, -0.25) is 9.36 Å². The third kappa shape index (κ3) is 4.08. The van der Waals surface area contributed by atoms with E-state index < -0.39 is 61.2 Å². The molecular weight excluding hydrogens is 339 g/mol. The van der Waals surface area contributed by atoms with Crippen molar-refractivity contribution in [2.45, 2.75) is 37.1 Å². The smallest absolute Gasteiger partial charge is 0.394 e. The molecule has 0 radical (unpaired) electrons. The van der Waals surface area contributed by atoms with Crippen LogP contribution in [0.25, 0.3) is 0 Å². The monoisotopic (exact) mass is 353 g/mol. The number of anilines is 1. The summed E-state index contributed by atoms with van der Waals surface area (Å²) in [6.07, 6.45) is -10.8. The lowest BCUT2D eigenvalue weighted by Gasteiger charge is -2.17. The van der Waals surface area contributed by atoms with Gasteiger partial charge in [-0.25, -0.2) is 4.79 Å². The second kappa shape index (κ2) is 6.84. The maximum absolute atomic E-state index is 12.1. The van der Waals surface area contributed by atoms with Crippen LogP contribution >= 0.6 is 0 Å². The van der Waals surface area contributed by atoms with Gasteiger partial charge in [0.15, 0.2) is 6.23 Å². The van der Waals surface area contributed by atoms with Gasteiger partial charge in [-0.05, 0) is 6.07 Å². The quantitative estimate of drug-likeness (QED) is 0.531. The highest BCUT2D eigenvalue weighted by atomic mass is 19.4. The summed E-state index contributed by atoms with van der Waals surface area (Å²) < 4.78 is 42.1. The molecule has 4 atom stereocenters. The van der Waals surface area contributed by atoms with E-state index >= 15 is 0 Å². The fourth-order valence-corrected chi connectivity index (χ4v) is 2.15. The third-order valence-electron chi connectivity index (χ3n) is 3.25. The van der Waals surface area contributed by atoms with E-state index in [1.54, 1.807) is 0 Å². The highest BCUT2D eigenvalue weighted by Gasteiger charge is 2.43. The van der Waals surface area contributed by atoms with Gasteiger partial charge >= 0.3 is 11.9 Å². The Kier molecular flexibility index (Phi) is 5.22. The maximum atomic E-state index is 12.1. The summed E-state index contributed by atoms with van der Waals surface area (Å²) in [6, 6.07) is 1.03. The van der Waals surface area contributed by atoms with Crippen molar-refractivity contribution < 1.29 is 38.0 Å². The van der Waals surface area contributed by atoms with Crippen molar-refractivity contribution in [2.24, 2.45) is 0 Å². The Hall–Kier alpha value is -2.02. The van der Waals surface area contributed by atoms with Gasteiger partial charge < -0.3 is 25.4 Å². The van der Waals surface area contributed by atoms with Crippen LogP contribution in [-0.4, -0.2) is 61.9 Å². The lowest BCUT2D eigenvalue weighted by Crippen LogP contribution is -2.36. The molecule has 2 heterocycles. The summed E-state index contributed by atoms with van der Waals surface area (Å²) in [4.78, 5) is 26.4. The van der Waals surface area contributed by atoms with Gasteiger partial charge in [0.05, 0.1) is 6.61 Å². The topological polar surface area (TPSA) is 134 Å². The first-order valence-electron chi connectivity index (χ1n) is 6.70. The number of carbonyl (C=O) groups is 1. The van der Waals surface area contributed by atoms with E-state index in [1.165, 1.54) is 0 Å². The Morgan fingerprint density at radius 2 is 2.04 bits per heavy atom. The molecule has 1 aromatic heterocycles. The number of ether oxygens (including phenoxy) is 1. The van der Waals surface area contributed by atoms with Gasteiger partial charge in [0.25, 0.3) is 0 Å². The predicted octanol–water partition coefficient (Wildman–Crippen LogP) is -1.25. The van der Waals surface area contributed by atoms with Crippen LogP contribution in [0.3, 0.4) is 0 Å². The fourth-order valence-electron chi connectivity index (χ4n) is 2.15. The minimum atomic E-state index is -4.70. The predicted molar refractivity (Wildman–Crippen MR) is 70.8 cm³/mol. The van der Waals surface area contributed by atoms with Gasteiger partial charge in [-0.1, -0.05) is 0 Å². The second-order valence-electron chi connectivity index (χ2n) is 5.07. The average molecular weight is 353 g/mol. The van der Waals surface area contributed by atoms with Crippen LogP contribution in [0.1, 0.15) is 12.6 Å². The number of amides is 1. The molecule has 24 heavy (non-hydrogen) atoms. The number of rotatable bonds is 4. The average Bonchev–Trinajstić information content (AvgIpc) is 2.73. The summed E-state index contributed by atoms with van der Waals surface area (Å²) in [5.74, 6) is -1.79. The van der Waals surface area contributed by atoms with Crippen molar-refractivity contribution in [1.82, 2.24) is 9.55 Å². The summed E-state index contributed by atoms with van der Waals surface area (Å²) in [7, 11) is 0. The molecule has 1 unspecified atom stereocenters. The van der Waals surface area contributed by atoms with E-state index in [0.717, 1.165) is 16.8 Å². The molecule has 0 spiro atoms. The first-order chi connectivity index (χ1) is 11.1. The van der Waals surface area contributed by atoms with Crippen LogP contribution in [-0.2, 0) is 9.53 Å². The number of hydrogen-bond acceptors (Lipinski definition) is 7. The first-order valence-corrected chi connectivity index (χ1v) is 6.70. The van der Waals surface area contributed by atoms with E-state index in [2.05, 4.69) is 4.98 Å². The van der Waals surface area contributed by atoms with E-state index in [-0.39, 0.29) is 0 Å². The molecule has 12 heteroatoms. The highest BCUT2D eigenvalue weighted by molar-refractivity contribution is 5.90. The Balaban J connectivity index is 2.13. The number of halogens is 3. The van der Waals surface area contributed by atoms with Crippen LogP contribution < -0.4 is 11.0 Å². The van der Waals surface area contributed by atoms with Gasteiger partial charge in [-0.15, -0.1) is 0 Å². The van der Waals surface area contributed by atoms with E-state index in [9.17, 15) is 33.0 Å². The Morgan fingerprint density at radius 1 is 1.38 bits per heavy atom. The van der Waals surface area contributed by atoms with Crippen molar-refractivity contribution in [3.63, 3.8) is 0 Å². The summed E-state index contributed by atoms with van der Waals surface area (Å²) in [5.41, 5.74) is -1.03. The van der Waals surface area contributed by atoms with Crippen molar-refractivity contribution in [1.29, 1.82) is 0 Å². The second-order valence-corrected chi connectivity index (χ2v) is 5.07. The number of nitrogens with one attached hydrogen (secondary N) is 1. The molecule has 9 nitrogen and oxygen atoms in total. The van der Waals surface area contributed by atoms with Gasteiger partial charge in [0.2, 0.25) is 5.91 Å². The van der Waals surface area contributed by atoms with Crippen LogP contribution in [0, 0.1) is 0 Å². The highest BCUT2D eigenvalue weighted by Crippen LogP contribution is 2.28. The zero-order valence-electron chi connectivity index (χ0n) is 12.0. The molecule has 134 valence electrons. The SMILES string of the molecule is O=C(CC(F)(F)F)Nc1ccn([C@@H]2O[C@H](CO)C(O)[C@@H]2O)c(=O)n1. The number of alkyl halides is 3. The first kappa shape index (κ1) is 18.3. The standard InChI is InChI=1S/C12H14F3N3O6/c13-12(14,15)3-7(20)16-6-1-2-18(11(23)17-6)10-9(22)8(21)5(4-19)24-10/h1-2,5,8-10,19,21-22H,3-4H2,(H,16,17,20,23)/t5-,8?,9+,10-/m1/s1. The molecule has 0 saturated carbocycles. The third-order valence-corrected chi connectivity index (χ3v) is 3.25. The molecular formula is C12H14F3N3O6. The normalized spacial score (nSPS) is 27.2. The van der Waals surface area contributed by atoms with E-state index in [4.69, 9.17) is 9.84 Å². The molecule has 1 saturated heterocycles. The molecule has 2 rings (SSSR count). The largest absolute Gasteiger partial charge is 0.397 e. The lowest BCUT2D eigenvalue weighted by molar-refractivity contribution is -0.150. The van der Waals surface area contributed by atoms with Gasteiger partial charge in [0.1, 0.15) is 30.6 Å². The van der Waals surface area contributed by atoms with Crippen molar-refractivity contribution in [2.75, 3.05) is 11.9 Å². The van der Waals surface area contributed by atoms with Crippen molar-refractivity contribution >= 4 is 11.7 Å². The molecule has 0 bridgehead atoms. The minimum absolute atomic E-state index is 0.405. The summed E-state index contributed by atoms with van der Waals surface area (Å²) in [5, 5.41) is 30.2. The van der Waals surface area contributed by atoms with E-state index in [1.807, 2.05) is 5.32 Å². The minimum Gasteiger partial charge on any atom is -0.394 e. The zero-order chi connectivity index (χ0) is 18.1. The lowest BCUT2D eigenvalue weighted by atomic mass is 10.1. The number of hydrogen-bond donors (Lipinski definition) is 4. The molecule has 1 aliphatic rings. The zero-order valence-corrected chi connectivity index (χ0v) is 12.0. The molecule has 0 aliphatic carbocycles. The van der Waals surface area contributed by atoms with Crippen LogP contribution in [0.2, 0.25) is 0 Å². The van der Waals surface area contributed by atoms with Gasteiger partial charge in [0, 0.05) is 6.20 Å². The van der Waals surface area contributed by atoms with Crippen molar-refractivity contribution in [3.05, 3.63) is 22.7 Å². The maximum Gasteiger partial charge on any atom is 0.397 e. The Morgan fingerprint density at radius 3 is 2.54 bits per heavy atom. The molecule has 1 fully saturated rings. The van der Waals surface area contributed by atoms with Crippen LogP contribution in [0.4, 0.5) is 19.0 Å². The number of nitrogens with zero attached hydrogens (tertiary/aromatic N) is 2. The summed E-state index contributed by atoms with van der Waals surface area (Å²) >= 11 is 0. The molecule has 4 N–H and O–H groups in total. The molecule has 1 amide bonds. The Bertz CT molecular complexity index is 664. The number of aromatic nitrogens is 2. The van der Waals surface area contributed by atoms with E-state index in [0.29, 0.717) is 0 Å². The van der Waals surface area contributed by atoms with Gasteiger partial charge in [-0.2, -0.15) is 18.2 Å². The van der Waals surface area contributed by atoms with Crippen LogP contribution in [0.15, 0.2) is 17.1 Å². The molecule has 1 aliphatic heterocycles. The van der Waals surface area contributed by atoms with Crippen LogP contribution in [0.5, 0.6) is 0 Å². The fraction of sp³-hybridized carbons (Fsp3) is 0.583. The molecule has 0 aromatic carbocycles.